The summed E-state index contributed by atoms with van der Waals surface area (Å²) < 4.78 is 0. The highest BCUT2D eigenvalue weighted by atomic mass is 32.2. The predicted octanol–water partition coefficient (Wildman–Crippen LogP) is 6.48. The monoisotopic (exact) mass is 505 g/mol. The van der Waals surface area contributed by atoms with E-state index in [9.17, 15) is 14.4 Å². The molecule has 2 aliphatic heterocycles. The van der Waals surface area contributed by atoms with Gasteiger partial charge in [0, 0.05) is 23.0 Å². The highest BCUT2D eigenvalue weighted by molar-refractivity contribution is 8.18. The fourth-order valence-corrected chi connectivity index (χ4v) is 6.40. The Kier molecular flexibility index (Phi) is 7.06. The van der Waals surface area contributed by atoms with Crippen LogP contribution in [0.25, 0.3) is 6.08 Å². The van der Waals surface area contributed by atoms with Crippen molar-refractivity contribution in [2.24, 2.45) is 0 Å². The third-order valence-corrected chi connectivity index (χ3v) is 7.97. The Balaban J connectivity index is 1.58. The Labute approximate surface area is 218 Å². The first kappa shape index (κ1) is 26.0. The van der Waals surface area contributed by atoms with Crippen LogP contribution in [0.1, 0.15) is 69.2 Å². The highest BCUT2D eigenvalue weighted by Crippen LogP contribution is 2.46. The zero-order chi connectivity index (χ0) is 26.4. The van der Waals surface area contributed by atoms with Crippen molar-refractivity contribution in [3.8, 4) is 0 Å². The molecule has 36 heavy (non-hydrogen) atoms. The Hall–Kier alpha value is -3.06. The maximum atomic E-state index is 13.1. The summed E-state index contributed by atoms with van der Waals surface area (Å²) in [5.41, 5.74) is 6.11. The number of amides is 3. The van der Waals surface area contributed by atoms with E-state index in [1.807, 2.05) is 32.0 Å². The Morgan fingerprint density at radius 3 is 2.53 bits per heavy atom. The molecule has 2 aliphatic rings. The van der Waals surface area contributed by atoms with Gasteiger partial charge in [0.05, 0.1) is 4.91 Å². The van der Waals surface area contributed by atoms with Crippen LogP contribution < -0.4 is 10.2 Å². The molecule has 0 radical (unpaired) electrons. The second-order valence-electron chi connectivity index (χ2n) is 10.8. The van der Waals surface area contributed by atoms with Crippen LogP contribution in [-0.4, -0.2) is 40.1 Å². The molecule has 0 spiro atoms. The van der Waals surface area contributed by atoms with Crippen molar-refractivity contribution < 1.29 is 14.4 Å². The van der Waals surface area contributed by atoms with Crippen molar-refractivity contribution in [2.75, 3.05) is 16.8 Å². The molecular weight excluding hydrogens is 470 g/mol. The second-order valence-corrected chi connectivity index (χ2v) is 11.8. The van der Waals surface area contributed by atoms with Gasteiger partial charge in [0.1, 0.15) is 6.54 Å². The van der Waals surface area contributed by atoms with Crippen LogP contribution in [0.5, 0.6) is 0 Å². The van der Waals surface area contributed by atoms with E-state index in [1.165, 1.54) is 11.3 Å². The normalized spacial score (nSPS) is 20.3. The number of hydrogen-bond donors (Lipinski definition) is 1. The van der Waals surface area contributed by atoms with Crippen LogP contribution >= 0.6 is 11.8 Å². The average molecular weight is 506 g/mol. The largest absolute Gasteiger partial charge is 0.364 e. The fraction of sp³-hybridized carbons (Fsp3) is 0.414. The van der Waals surface area contributed by atoms with Gasteiger partial charge in [-0.2, -0.15) is 0 Å². The van der Waals surface area contributed by atoms with E-state index >= 15 is 0 Å². The topological polar surface area (TPSA) is 69.7 Å². The smallest absolute Gasteiger partial charge is 0.294 e. The first-order valence-corrected chi connectivity index (χ1v) is 13.3. The van der Waals surface area contributed by atoms with Crippen LogP contribution in [0.15, 0.2) is 41.3 Å². The molecule has 1 unspecified atom stereocenters. The SMILES string of the molecule is Cc1cc2c(cc1/C=C1\SC(=O)N(CC(=O)Nc3ccccc3C)C1=O)C(C)CC(C)(C)N2C(C)C. The van der Waals surface area contributed by atoms with E-state index in [0.717, 1.165) is 39.8 Å². The van der Waals surface area contributed by atoms with Gasteiger partial charge in [-0.25, -0.2) is 0 Å². The lowest BCUT2D eigenvalue weighted by molar-refractivity contribution is -0.127. The summed E-state index contributed by atoms with van der Waals surface area (Å²) >= 11 is 0.888. The number of nitrogens with zero attached hydrogens (tertiary/aromatic N) is 2. The number of carbonyl (C=O) groups excluding carboxylic acids is 3. The lowest BCUT2D eigenvalue weighted by Gasteiger charge is -2.50. The fourth-order valence-electron chi connectivity index (χ4n) is 5.57. The number of para-hydroxylation sites is 1. The Morgan fingerprint density at radius 2 is 1.86 bits per heavy atom. The first-order chi connectivity index (χ1) is 16.9. The molecule has 3 amide bonds. The summed E-state index contributed by atoms with van der Waals surface area (Å²) in [5, 5.41) is 2.36. The zero-order valence-corrected chi connectivity index (χ0v) is 23.0. The molecule has 1 atom stereocenters. The maximum Gasteiger partial charge on any atom is 0.294 e. The molecule has 190 valence electrons. The molecular formula is C29H35N3O3S. The van der Waals surface area contributed by atoms with Crippen molar-refractivity contribution in [3.05, 3.63) is 63.6 Å². The molecule has 6 nitrogen and oxygen atoms in total. The number of fused-ring (bicyclic) bond motifs is 1. The van der Waals surface area contributed by atoms with E-state index in [0.29, 0.717) is 22.6 Å². The van der Waals surface area contributed by atoms with E-state index in [1.54, 1.807) is 12.1 Å². The Morgan fingerprint density at radius 1 is 1.17 bits per heavy atom. The van der Waals surface area contributed by atoms with Crippen LogP contribution in [0.2, 0.25) is 0 Å². The Bertz CT molecular complexity index is 1260. The number of carbonyl (C=O) groups is 3. The van der Waals surface area contributed by atoms with Gasteiger partial charge in [-0.1, -0.05) is 25.1 Å². The van der Waals surface area contributed by atoms with Gasteiger partial charge >= 0.3 is 0 Å². The minimum Gasteiger partial charge on any atom is -0.364 e. The minimum absolute atomic E-state index is 0.0516. The predicted molar refractivity (Wildman–Crippen MR) is 148 cm³/mol. The number of imide groups is 1. The molecule has 2 aromatic rings. The number of rotatable bonds is 5. The number of benzene rings is 2. The van der Waals surface area contributed by atoms with Crippen molar-refractivity contribution in [2.45, 2.75) is 72.4 Å². The molecule has 2 heterocycles. The lowest BCUT2D eigenvalue weighted by Crippen LogP contribution is -2.51. The van der Waals surface area contributed by atoms with Crippen LogP contribution in [0, 0.1) is 13.8 Å². The molecule has 4 rings (SSSR count). The third-order valence-electron chi connectivity index (χ3n) is 7.06. The van der Waals surface area contributed by atoms with Gasteiger partial charge in [-0.05, 0) is 112 Å². The number of hydrogen-bond acceptors (Lipinski definition) is 5. The van der Waals surface area contributed by atoms with Gasteiger partial charge < -0.3 is 10.2 Å². The summed E-state index contributed by atoms with van der Waals surface area (Å²) in [6.45, 7) is 14.9. The number of thioether (sulfide) groups is 1. The van der Waals surface area contributed by atoms with E-state index in [-0.39, 0.29) is 12.1 Å². The first-order valence-electron chi connectivity index (χ1n) is 12.4. The van der Waals surface area contributed by atoms with Gasteiger partial charge in [0.2, 0.25) is 5.91 Å². The molecule has 1 fully saturated rings. The highest BCUT2D eigenvalue weighted by Gasteiger charge is 2.39. The van der Waals surface area contributed by atoms with E-state index in [2.05, 4.69) is 57.0 Å². The molecule has 0 aromatic heterocycles. The van der Waals surface area contributed by atoms with E-state index in [4.69, 9.17) is 0 Å². The van der Waals surface area contributed by atoms with Crippen molar-refractivity contribution in [1.29, 1.82) is 0 Å². The molecule has 0 bridgehead atoms. The van der Waals surface area contributed by atoms with Crippen LogP contribution in [0.3, 0.4) is 0 Å². The van der Waals surface area contributed by atoms with Crippen molar-refractivity contribution in [3.63, 3.8) is 0 Å². The summed E-state index contributed by atoms with van der Waals surface area (Å²) in [7, 11) is 0. The minimum atomic E-state index is -0.431. The summed E-state index contributed by atoms with van der Waals surface area (Å²) in [4.78, 5) is 42.2. The van der Waals surface area contributed by atoms with Crippen molar-refractivity contribution in [1.82, 2.24) is 4.90 Å². The summed E-state index contributed by atoms with van der Waals surface area (Å²) in [6.07, 6.45) is 2.83. The second kappa shape index (κ2) is 9.77. The van der Waals surface area contributed by atoms with Crippen LogP contribution in [-0.2, 0) is 9.59 Å². The van der Waals surface area contributed by atoms with Crippen LogP contribution in [0.4, 0.5) is 16.2 Å². The summed E-state index contributed by atoms with van der Waals surface area (Å²) in [6, 6.07) is 12.1. The number of anilines is 2. The molecule has 0 saturated carbocycles. The van der Waals surface area contributed by atoms with Gasteiger partial charge in [0.25, 0.3) is 11.1 Å². The van der Waals surface area contributed by atoms with Crippen molar-refractivity contribution >= 4 is 46.3 Å². The lowest BCUT2D eigenvalue weighted by atomic mass is 9.78. The van der Waals surface area contributed by atoms with Gasteiger partial charge in [-0.15, -0.1) is 0 Å². The molecule has 1 saturated heterocycles. The van der Waals surface area contributed by atoms with Gasteiger partial charge in [0.15, 0.2) is 0 Å². The zero-order valence-electron chi connectivity index (χ0n) is 22.1. The molecule has 0 aliphatic carbocycles. The number of nitrogens with one attached hydrogen (secondary N) is 1. The average Bonchev–Trinajstić information content (AvgIpc) is 3.03. The number of aryl methyl sites for hydroxylation is 2. The third kappa shape index (κ3) is 4.94. The molecule has 2 aromatic carbocycles. The quantitative estimate of drug-likeness (QED) is 0.471. The summed E-state index contributed by atoms with van der Waals surface area (Å²) in [5.74, 6) is -0.457. The van der Waals surface area contributed by atoms with E-state index < -0.39 is 17.1 Å². The molecule has 7 heteroatoms. The maximum absolute atomic E-state index is 13.1. The standard InChI is InChI=1S/C29H35N3O3S/c1-17(2)32-24-12-19(4)21(13-22(24)20(5)15-29(32,6)7)14-25-27(34)31(28(35)36-25)16-26(33)30-23-11-9-8-10-18(23)3/h8-14,17,20H,15-16H2,1-7H3,(H,30,33)/b25-14-. The van der Waals surface area contributed by atoms with Gasteiger partial charge in [-0.3, -0.25) is 19.3 Å². The molecule has 1 N–H and O–H groups in total.